The lowest BCUT2D eigenvalue weighted by molar-refractivity contribution is -0.137. The number of benzene rings is 2. The molecular weight excluding hydrogens is 325 g/mol. The second kappa shape index (κ2) is 5.62. The van der Waals surface area contributed by atoms with Gasteiger partial charge in [0.15, 0.2) is 0 Å². The molecule has 0 bridgehead atoms. The fraction of sp³-hybridized carbons (Fsp3) is 0.0667. The summed E-state index contributed by atoms with van der Waals surface area (Å²) in [6, 6.07) is 10.3. The van der Waals surface area contributed by atoms with Crippen molar-refractivity contribution >= 4 is 34.4 Å². The lowest BCUT2D eigenvalue weighted by Crippen LogP contribution is -2.04. The van der Waals surface area contributed by atoms with Crippen LogP contribution in [0.15, 0.2) is 52.3 Å². The van der Waals surface area contributed by atoms with E-state index in [-0.39, 0.29) is 11.8 Å². The Kier molecular flexibility index (Phi) is 3.77. The van der Waals surface area contributed by atoms with Crippen molar-refractivity contribution in [2.75, 3.05) is 11.5 Å². The molecule has 1 heterocycles. The minimum absolute atomic E-state index is 0.0521. The van der Waals surface area contributed by atoms with E-state index in [1.165, 1.54) is 17.8 Å². The molecule has 0 radical (unpaired) electrons. The predicted molar refractivity (Wildman–Crippen MR) is 83.9 cm³/mol. The van der Waals surface area contributed by atoms with Crippen LogP contribution < -0.4 is 11.5 Å². The summed E-state index contributed by atoms with van der Waals surface area (Å²) in [5, 5.41) is 0.573. The van der Waals surface area contributed by atoms with E-state index in [0.717, 1.165) is 12.1 Å². The number of alkyl halides is 3. The van der Waals surface area contributed by atoms with E-state index in [9.17, 15) is 13.2 Å². The molecule has 0 saturated heterocycles. The third-order valence-electron chi connectivity index (χ3n) is 3.12. The van der Waals surface area contributed by atoms with Crippen LogP contribution in [0.2, 0.25) is 0 Å². The van der Waals surface area contributed by atoms with E-state index in [1.54, 1.807) is 24.3 Å². The first-order valence-corrected chi connectivity index (χ1v) is 7.33. The molecule has 0 aliphatic heterocycles. The SMILES string of the molecule is Nc1nc(N)c2c(Sc3cccc(C(F)(F)F)c3)cccc2n1. The molecule has 118 valence electrons. The van der Waals surface area contributed by atoms with Gasteiger partial charge in [-0.05, 0) is 30.3 Å². The van der Waals surface area contributed by atoms with E-state index >= 15 is 0 Å². The number of hydrogen-bond donors (Lipinski definition) is 2. The molecule has 0 amide bonds. The van der Waals surface area contributed by atoms with Gasteiger partial charge in [0.05, 0.1) is 16.5 Å². The van der Waals surface area contributed by atoms with Crippen LogP contribution in [-0.2, 0) is 6.18 Å². The summed E-state index contributed by atoms with van der Waals surface area (Å²) in [6.45, 7) is 0. The topological polar surface area (TPSA) is 77.8 Å². The Morgan fingerprint density at radius 1 is 0.957 bits per heavy atom. The zero-order valence-corrected chi connectivity index (χ0v) is 12.4. The Morgan fingerprint density at radius 3 is 2.43 bits per heavy atom. The predicted octanol–water partition coefficient (Wildman–Crippen LogP) is 3.96. The van der Waals surface area contributed by atoms with Gasteiger partial charge in [0.2, 0.25) is 5.95 Å². The zero-order chi connectivity index (χ0) is 16.6. The normalized spacial score (nSPS) is 11.8. The maximum Gasteiger partial charge on any atom is 0.416 e. The summed E-state index contributed by atoms with van der Waals surface area (Å²) in [5.41, 5.74) is 11.3. The molecule has 0 aliphatic carbocycles. The van der Waals surface area contributed by atoms with Crippen LogP contribution in [-0.4, -0.2) is 9.97 Å². The fourth-order valence-corrected chi connectivity index (χ4v) is 3.19. The first-order chi connectivity index (χ1) is 10.8. The molecule has 23 heavy (non-hydrogen) atoms. The Bertz CT molecular complexity index is 880. The standard InChI is InChI=1S/C15H11F3N4S/c16-15(17,18)8-3-1-4-9(7-8)23-11-6-2-5-10-12(11)13(19)22-14(20)21-10/h1-7H,(H4,19,20,21,22). The van der Waals surface area contributed by atoms with E-state index in [0.29, 0.717) is 20.7 Å². The van der Waals surface area contributed by atoms with Crippen LogP contribution >= 0.6 is 11.8 Å². The molecular formula is C15H11F3N4S. The highest BCUT2D eigenvalue weighted by molar-refractivity contribution is 7.99. The van der Waals surface area contributed by atoms with E-state index in [1.807, 2.05) is 0 Å². The molecule has 1 aromatic heterocycles. The van der Waals surface area contributed by atoms with Gasteiger partial charge in [-0.2, -0.15) is 18.2 Å². The van der Waals surface area contributed by atoms with Crippen LogP contribution in [0.1, 0.15) is 5.56 Å². The molecule has 3 aromatic rings. The van der Waals surface area contributed by atoms with Gasteiger partial charge >= 0.3 is 6.18 Å². The summed E-state index contributed by atoms with van der Waals surface area (Å²) < 4.78 is 38.4. The van der Waals surface area contributed by atoms with Crippen molar-refractivity contribution in [2.24, 2.45) is 0 Å². The van der Waals surface area contributed by atoms with Crippen LogP contribution in [0.4, 0.5) is 24.9 Å². The Hall–Kier alpha value is -2.48. The molecule has 3 rings (SSSR count). The molecule has 0 spiro atoms. The van der Waals surface area contributed by atoms with Crippen molar-refractivity contribution in [3.8, 4) is 0 Å². The van der Waals surface area contributed by atoms with Crippen molar-refractivity contribution in [3.63, 3.8) is 0 Å². The van der Waals surface area contributed by atoms with Gasteiger partial charge in [0.25, 0.3) is 0 Å². The number of nitrogens with two attached hydrogens (primary N) is 2. The maximum absolute atomic E-state index is 12.8. The minimum atomic E-state index is -4.38. The van der Waals surface area contributed by atoms with Gasteiger partial charge in [-0.3, -0.25) is 0 Å². The van der Waals surface area contributed by atoms with E-state index in [2.05, 4.69) is 9.97 Å². The number of aromatic nitrogens is 2. The van der Waals surface area contributed by atoms with Crippen molar-refractivity contribution in [2.45, 2.75) is 16.0 Å². The summed E-state index contributed by atoms with van der Waals surface area (Å²) in [7, 11) is 0. The van der Waals surface area contributed by atoms with Crippen LogP contribution in [0.3, 0.4) is 0 Å². The van der Waals surface area contributed by atoms with Gasteiger partial charge in [-0.15, -0.1) is 0 Å². The van der Waals surface area contributed by atoms with Crippen molar-refractivity contribution in [1.82, 2.24) is 9.97 Å². The quantitative estimate of drug-likeness (QED) is 0.740. The van der Waals surface area contributed by atoms with Crippen LogP contribution in [0.5, 0.6) is 0 Å². The molecule has 0 fully saturated rings. The maximum atomic E-state index is 12.8. The molecule has 0 aliphatic rings. The summed E-state index contributed by atoms with van der Waals surface area (Å²) in [6.07, 6.45) is -4.38. The molecule has 0 atom stereocenters. The first kappa shape index (κ1) is 15.4. The Labute approximate surface area is 133 Å². The summed E-state index contributed by atoms with van der Waals surface area (Å²) in [5.74, 6) is 0.249. The van der Waals surface area contributed by atoms with Crippen LogP contribution in [0, 0.1) is 0 Å². The second-order valence-corrected chi connectivity index (χ2v) is 5.86. The average molecular weight is 336 g/mol. The number of fused-ring (bicyclic) bond motifs is 1. The number of hydrogen-bond acceptors (Lipinski definition) is 5. The third kappa shape index (κ3) is 3.16. The number of halogens is 3. The van der Waals surface area contributed by atoms with Crippen LogP contribution in [0.25, 0.3) is 10.9 Å². The zero-order valence-electron chi connectivity index (χ0n) is 11.6. The smallest absolute Gasteiger partial charge is 0.383 e. The fourth-order valence-electron chi connectivity index (χ4n) is 2.15. The molecule has 8 heteroatoms. The number of nitrogens with zero attached hydrogens (tertiary/aromatic N) is 2. The summed E-state index contributed by atoms with van der Waals surface area (Å²) >= 11 is 1.17. The van der Waals surface area contributed by atoms with Crippen molar-refractivity contribution in [3.05, 3.63) is 48.0 Å². The Balaban J connectivity index is 2.06. The number of nitrogen functional groups attached to an aromatic ring is 2. The highest BCUT2D eigenvalue weighted by Gasteiger charge is 2.30. The molecule has 2 aromatic carbocycles. The highest BCUT2D eigenvalue weighted by atomic mass is 32.2. The number of anilines is 2. The first-order valence-electron chi connectivity index (χ1n) is 6.51. The van der Waals surface area contributed by atoms with Crippen molar-refractivity contribution < 1.29 is 13.2 Å². The molecule has 4 nitrogen and oxygen atoms in total. The second-order valence-electron chi connectivity index (χ2n) is 4.74. The van der Waals surface area contributed by atoms with Gasteiger partial charge in [0.1, 0.15) is 5.82 Å². The average Bonchev–Trinajstić information content (AvgIpc) is 2.46. The van der Waals surface area contributed by atoms with Gasteiger partial charge in [-0.1, -0.05) is 23.9 Å². The number of rotatable bonds is 2. The lowest BCUT2D eigenvalue weighted by Gasteiger charge is -2.10. The lowest BCUT2D eigenvalue weighted by atomic mass is 10.2. The largest absolute Gasteiger partial charge is 0.416 e. The molecule has 0 unspecified atom stereocenters. The van der Waals surface area contributed by atoms with E-state index < -0.39 is 11.7 Å². The minimum Gasteiger partial charge on any atom is -0.383 e. The third-order valence-corrected chi connectivity index (χ3v) is 4.17. The summed E-state index contributed by atoms with van der Waals surface area (Å²) in [4.78, 5) is 9.11. The molecule has 0 saturated carbocycles. The van der Waals surface area contributed by atoms with Gasteiger partial charge in [-0.25, -0.2) is 4.98 Å². The van der Waals surface area contributed by atoms with E-state index in [4.69, 9.17) is 11.5 Å². The van der Waals surface area contributed by atoms with Gasteiger partial charge in [0, 0.05) is 9.79 Å². The monoisotopic (exact) mass is 336 g/mol. The van der Waals surface area contributed by atoms with Crippen molar-refractivity contribution in [1.29, 1.82) is 0 Å². The Morgan fingerprint density at radius 2 is 1.70 bits per heavy atom. The van der Waals surface area contributed by atoms with Gasteiger partial charge < -0.3 is 11.5 Å². The molecule has 4 N–H and O–H groups in total. The highest BCUT2D eigenvalue weighted by Crippen LogP contribution is 2.38.